The van der Waals surface area contributed by atoms with Crippen molar-refractivity contribution < 1.29 is 4.21 Å². The number of rotatable bonds is 5. The van der Waals surface area contributed by atoms with E-state index in [4.69, 9.17) is 11.6 Å². The summed E-state index contributed by atoms with van der Waals surface area (Å²) in [5, 5.41) is 11.0. The van der Waals surface area contributed by atoms with Gasteiger partial charge in [0.2, 0.25) is 0 Å². The molecule has 1 heterocycles. The first-order chi connectivity index (χ1) is 6.68. The van der Waals surface area contributed by atoms with Crippen molar-refractivity contribution in [2.24, 2.45) is 0 Å². The second-order valence-corrected chi connectivity index (χ2v) is 4.74. The van der Waals surface area contributed by atoms with Gasteiger partial charge in [-0.25, -0.2) is 0 Å². The van der Waals surface area contributed by atoms with Gasteiger partial charge in [0.05, 0.1) is 0 Å². The molecule has 1 atom stereocenters. The van der Waals surface area contributed by atoms with E-state index < -0.39 is 10.8 Å². The molecule has 1 aromatic rings. The average Bonchev–Trinajstić information content (AvgIpc) is 2.15. The van der Waals surface area contributed by atoms with E-state index in [9.17, 15) is 4.21 Å². The molecule has 0 bridgehead atoms. The van der Waals surface area contributed by atoms with E-state index in [0.717, 1.165) is 13.0 Å². The maximum atomic E-state index is 10.7. The summed E-state index contributed by atoms with van der Waals surface area (Å²) in [6, 6.07) is 3.44. The molecule has 0 saturated heterocycles. The van der Waals surface area contributed by atoms with Crippen molar-refractivity contribution >= 4 is 28.2 Å². The van der Waals surface area contributed by atoms with Gasteiger partial charge in [-0.15, -0.1) is 10.2 Å². The van der Waals surface area contributed by atoms with E-state index in [1.54, 1.807) is 18.4 Å². The lowest BCUT2D eigenvalue weighted by atomic mass is 10.4. The third kappa shape index (κ3) is 4.53. The fraction of sp³-hybridized carbons (Fsp3) is 0.500. The highest BCUT2D eigenvalue weighted by Crippen LogP contribution is 2.05. The van der Waals surface area contributed by atoms with Gasteiger partial charge in [-0.2, -0.15) is 0 Å². The van der Waals surface area contributed by atoms with E-state index in [1.165, 1.54) is 0 Å². The highest BCUT2D eigenvalue weighted by molar-refractivity contribution is 7.84. The summed E-state index contributed by atoms with van der Waals surface area (Å²) in [7, 11) is -0.724. The molecule has 0 fully saturated rings. The molecule has 4 nitrogen and oxygen atoms in total. The zero-order chi connectivity index (χ0) is 10.4. The van der Waals surface area contributed by atoms with Crippen molar-refractivity contribution in [2.75, 3.05) is 23.9 Å². The summed E-state index contributed by atoms with van der Waals surface area (Å²) in [5.74, 6) is 1.39. The number of anilines is 1. The van der Waals surface area contributed by atoms with Gasteiger partial charge in [0.15, 0.2) is 5.15 Å². The molecule has 1 aromatic heterocycles. The third-order valence-corrected chi connectivity index (χ3v) is 2.61. The molecule has 78 valence electrons. The predicted molar refractivity (Wildman–Crippen MR) is 59.1 cm³/mol. The maximum Gasteiger partial charge on any atom is 0.151 e. The van der Waals surface area contributed by atoms with Crippen LogP contribution in [0.5, 0.6) is 0 Å². The Labute approximate surface area is 90.5 Å². The molecule has 0 spiro atoms. The van der Waals surface area contributed by atoms with Crippen LogP contribution >= 0.6 is 11.6 Å². The SMILES string of the molecule is CS(=O)CCCNc1ccc(Cl)nn1. The smallest absolute Gasteiger partial charge is 0.151 e. The number of hydrogen-bond acceptors (Lipinski definition) is 4. The summed E-state index contributed by atoms with van der Waals surface area (Å²) in [6.07, 6.45) is 2.55. The van der Waals surface area contributed by atoms with Crippen LogP contribution in [0.2, 0.25) is 5.15 Å². The Morgan fingerprint density at radius 2 is 2.29 bits per heavy atom. The molecular formula is C8H12ClN3OS. The Hall–Kier alpha value is -0.680. The molecule has 0 aliphatic rings. The van der Waals surface area contributed by atoms with Gasteiger partial charge in [0.1, 0.15) is 5.82 Å². The minimum Gasteiger partial charge on any atom is -0.369 e. The highest BCUT2D eigenvalue weighted by Gasteiger charge is 1.95. The lowest BCUT2D eigenvalue weighted by Crippen LogP contribution is -2.07. The minimum atomic E-state index is -0.724. The molecule has 0 aliphatic heterocycles. The number of halogens is 1. The third-order valence-electron chi connectivity index (χ3n) is 1.55. The van der Waals surface area contributed by atoms with E-state index in [2.05, 4.69) is 15.5 Å². The Kier molecular flexibility index (Phi) is 4.82. The molecule has 1 rings (SSSR count). The van der Waals surface area contributed by atoms with Gasteiger partial charge in [-0.1, -0.05) is 11.6 Å². The summed E-state index contributed by atoms with van der Waals surface area (Å²) in [5.41, 5.74) is 0. The molecule has 0 aromatic carbocycles. The van der Waals surface area contributed by atoms with Gasteiger partial charge < -0.3 is 5.32 Å². The molecule has 0 amide bonds. The van der Waals surface area contributed by atoms with Gasteiger partial charge in [0.25, 0.3) is 0 Å². The van der Waals surface area contributed by atoms with Crippen LogP contribution < -0.4 is 5.32 Å². The molecule has 6 heteroatoms. The van der Waals surface area contributed by atoms with E-state index in [0.29, 0.717) is 16.7 Å². The second-order valence-electron chi connectivity index (χ2n) is 2.80. The summed E-state index contributed by atoms with van der Waals surface area (Å²) in [6.45, 7) is 0.746. The number of hydrogen-bond donors (Lipinski definition) is 1. The summed E-state index contributed by atoms with van der Waals surface area (Å²) >= 11 is 5.57. The molecule has 1 unspecified atom stereocenters. The van der Waals surface area contributed by atoms with Crippen LogP contribution in [-0.2, 0) is 10.8 Å². The van der Waals surface area contributed by atoms with Crippen LogP contribution in [0, 0.1) is 0 Å². The van der Waals surface area contributed by atoms with Gasteiger partial charge in [-0.05, 0) is 18.6 Å². The number of nitrogens with one attached hydrogen (secondary N) is 1. The van der Waals surface area contributed by atoms with E-state index in [1.807, 2.05) is 0 Å². The van der Waals surface area contributed by atoms with Gasteiger partial charge in [-0.3, -0.25) is 4.21 Å². The standard InChI is InChI=1S/C8H12ClN3OS/c1-14(13)6-2-5-10-8-4-3-7(9)11-12-8/h3-4H,2,5-6H2,1H3,(H,10,12). The monoisotopic (exact) mass is 233 g/mol. The van der Waals surface area contributed by atoms with Crippen LogP contribution in [0.25, 0.3) is 0 Å². The Morgan fingerprint density at radius 1 is 1.50 bits per heavy atom. The van der Waals surface area contributed by atoms with Crippen LogP contribution in [0.1, 0.15) is 6.42 Å². The van der Waals surface area contributed by atoms with Crippen molar-refractivity contribution in [3.05, 3.63) is 17.3 Å². The second kappa shape index (κ2) is 5.93. The number of nitrogens with zero attached hydrogens (tertiary/aromatic N) is 2. The zero-order valence-corrected chi connectivity index (χ0v) is 9.44. The van der Waals surface area contributed by atoms with Gasteiger partial charge in [0, 0.05) is 29.4 Å². The van der Waals surface area contributed by atoms with E-state index in [-0.39, 0.29) is 0 Å². The largest absolute Gasteiger partial charge is 0.369 e. The fourth-order valence-electron chi connectivity index (χ4n) is 0.902. The van der Waals surface area contributed by atoms with Crippen LogP contribution in [-0.4, -0.2) is 33.0 Å². The van der Waals surface area contributed by atoms with Gasteiger partial charge >= 0.3 is 0 Å². The number of aromatic nitrogens is 2. The van der Waals surface area contributed by atoms with E-state index >= 15 is 0 Å². The first-order valence-corrected chi connectivity index (χ1v) is 6.32. The van der Waals surface area contributed by atoms with Crippen molar-refractivity contribution in [3.8, 4) is 0 Å². The normalized spacial score (nSPS) is 12.4. The summed E-state index contributed by atoms with van der Waals surface area (Å²) < 4.78 is 10.7. The Morgan fingerprint density at radius 3 is 2.86 bits per heavy atom. The van der Waals surface area contributed by atoms with Crippen molar-refractivity contribution in [1.29, 1.82) is 0 Å². The molecule has 0 aliphatic carbocycles. The topological polar surface area (TPSA) is 54.9 Å². The van der Waals surface area contributed by atoms with Crippen LogP contribution in [0.3, 0.4) is 0 Å². The first-order valence-electron chi connectivity index (χ1n) is 4.21. The minimum absolute atomic E-state index is 0.380. The average molecular weight is 234 g/mol. The lowest BCUT2D eigenvalue weighted by Gasteiger charge is -2.02. The molecule has 0 radical (unpaired) electrons. The quantitative estimate of drug-likeness (QED) is 0.780. The van der Waals surface area contributed by atoms with Crippen molar-refractivity contribution in [2.45, 2.75) is 6.42 Å². The Bertz CT molecular complexity index is 304. The fourth-order valence-corrected chi connectivity index (χ4v) is 1.55. The molecule has 14 heavy (non-hydrogen) atoms. The molecular weight excluding hydrogens is 222 g/mol. The molecule has 0 saturated carbocycles. The Balaban J connectivity index is 2.25. The predicted octanol–water partition coefficient (Wildman–Crippen LogP) is 1.31. The van der Waals surface area contributed by atoms with Crippen LogP contribution in [0.4, 0.5) is 5.82 Å². The lowest BCUT2D eigenvalue weighted by molar-refractivity contribution is 0.685. The maximum absolute atomic E-state index is 10.7. The molecule has 1 N–H and O–H groups in total. The summed E-state index contributed by atoms with van der Waals surface area (Å²) in [4.78, 5) is 0. The zero-order valence-electron chi connectivity index (χ0n) is 7.86. The van der Waals surface area contributed by atoms with Crippen LogP contribution in [0.15, 0.2) is 12.1 Å². The first kappa shape index (κ1) is 11.4. The highest BCUT2D eigenvalue weighted by atomic mass is 35.5. The van der Waals surface area contributed by atoms with Crippen molar-refractivity contribution in [1.82, 2.24) is 10.2 Å². The van der Waals surface area contributed by atoms with Crippen molar-refractivity contribution in [3.63, 3.8) is 0 Å².